The Balaban J connectivity index is 2.60. The van der Waals surface area contributed by atoms with Gasteiger partial charge in [0.2, 0.25) is 5.69 Å². The van der Waals surface area contributed by atoms with Crippen LogP contribution in [0.2, 0.25) is 0 Å². The summed E-state index contributed by atoms with van der Waals surface area (Å²) in [5.41, 5.74) is 6.41. The van der Waals surface area contributed by atoms with Gasteiger partial charge in [-0.2, -0.15) is 4.57 Å². The predicted octanol–water partition coefficient (Wildman–Crippen LogP) is 3.20. The molecule has 1 aromatic heterocycles. The summed E-state index contributed by atoms with van der Waals surface area (Å²) in [5, 5.41) is 0. The number of aryl methyl sites for hydroxylation is 4. The van der Waals surface area contributed by atoms with Crippen LogP contribution < -0.4 is 4.57 Å². The molecule has 0 fully saturated rings. The minimum Gasteiger partial charge on any atom is -0.162 e. The zero-order valence-corrected chi connectivity index (χ0v) is 10.4. The lowest BCUT2D eigenvalue weighted by molar-refractivity contribution is -0.609. The van der Waals surface area contributed by atoms with Crippen molar-refractivity contribution in [2.24, 2.45) is 0 Å². The van der Waals surface area contributed by atoms with Gasteiger partial charge in [0.05, 0.1) is 0 Å². The first-order valence-electron chi connectivity index (χ1n) is 5.65. The third-order valence-electron chi connectivity index (χ3n) is 2.87. The number of aromatic nitrogens is 1. The standard InChI is InChI=1S/C15H18N/c1-11-5-7-15(8-6-11)16-13(3)9-12(2)10-14(16)4/h5-10H,1-4H3/q+1. The van der Waals surface area contributed by atoms with Crippen LogP contribution in [-0.2, 0) is 0 Å². The van der Waals surface area contributed by atoms with Gasteiger partial charge in [-0.3, -0.25) is 0 Å². The van der Waals surface area contributed by atoms with Crippen LogP contribution in [0.3, 0.4) is 0 Å². The molecule has 0 unspecified atom stereocenters. The molecule has 0 aliphatic rings. The third kappa shape index (κ3) is 1.99. The summed E-state index contributed by atoms with van der Waals surface area (Å²) in [4.78, 5) is 0. The fourth-order valence-electron chi connectivity index (χ4n) is 2.21. The molecule has 0 aliphatic heterocycles. The van der Waals surface area contributed by atoms with E-state index in [1.165, 1.54) is 28.2 Å². The van der Waals surface area contributed by atoms with Gasteiger partial charge in [-0.1, -0.05) is 17.7 Å². The Morgan fingerprint density at radius 2 is 1.19 bits per heavy atom. The maximum absolute atomic E-state index is 2.28. The van der Waals surface area contributed by atoms with Gasteiger partial charge in [-0.15, -0.1) is 0 Å². The molecule has 16 heavy (non-hydrogen) atoms. The Morgan fingerprint density at radius 3 is 1.69 bits per heavy atom. The number of pyridine rings is 1. The van der Waals surface area contributed by atoms with Gasteiger partial charge in [0.1, 0.15) is 0 Å². The van der Waals surface area contributed by atoms with Crippen molar-refractivity contribution in [2.75, 3.05) is 0 Å². The van der Waals surface area contributed by atoms with E-state index < -0.39 is 0 Å². The van der Waals surface area contributed by atoms with Crippen LogP contribution in [0.5, 0.6) is 0 Å². The van der Waals surface area contributed by atoms with Crippen molar-refractivity contribution in [2.45, 2.75) is 27.7 Å². The minimum atomic E-state index is 1.24. The van der Waals surface area contributed by atoms with Crippen molar-refractivity contribution >= 4 is 0 Å². The molecule has 82 valence electrons. The molecule has 0 bridgehead atoms. The maximum atomic E-state index is 2.28. The molecule has 0 radical (unpaired) electrons. The molecule has 0 N–H and O–H groups in total. The second-order valence-electron chi connectivity index (χ2n) is 4.49. The van der Waals surface area contributed by atoms with E-state index in [2.05, 4.69) is 68.7 Å². The quantitative estimate of drug-likeness (QED) is 0.639. The molecule has 2 aromatic rings. The molecule has 1 heteroatoms. The third-order valence-corrected chi connectivity index (χ3v) is 2.87. The topological polar surface area (TPSA) is 3.88 Å². The molecule has 0 amide bonds. The Bertz CT molecular complexity index is 486. The Kier molecular flexibility index (Phi) is 2.78. The van der Waals surface area contributed by atoms with Crippen molar-refractivity contribution in [3.05, 3.63) is 58.9 Å². The average molecular weight is 212 g/mol. The van der Waals surface area contributed by atoms with Gasteiger partial charge in [0, 0.05) is 38.1 Å². The highest BCUT2D eigenvalue weighted by atomic mass is 15.0. The number of benzene rings is 1. The monoisotopic (exact) mass is 212 g/mol. The lowest BCUT2D eigenvalue weighted by Crippen LogP contribution is -2.37. The van der Waals surface area contributed by atoms with E-state index >= 15 is 0 Å². The zero-order valence-electron chi connectivity index (χ0n) is 10.4. The van der Waals surface area contributed by atoms with E-state index in [1.54, 1.807) is 0 Å². The minimum absolute atomic E-state index is 1.24. The lowest BCUT2D eigenvalue weighted by Gasteiger charge is -2.04. The van der Waals surface area contributed by atoms with Crippen LogP contribution in [0, 0.1) is 27.7 Å². The number of hydrogen-bond acceptors (Lipinski definition) is 0. The fraction of sp³-hybridized carbons (Fsp3) is 0.267. The molecule has 0 saturated carbocycles. The molecule has 1 aromatic carbocycles. The van der Waals surface area contributed by atoms with E-state index in [4.69, 9.17) is 0 Å². The van der Waals surface area contributed by atoms with Crippen LogP contribution in [0.15, 0.2) is 36.4 Å². The fourth-order valence-corrected chi connectivity index (χ4v) is 2.21. The van der Waals surface area contributed by atoms with Crippen LogP contribution in [0.25, 0.3) is 5.69 Å². The lowest BCUT2D eigenvalue weighted by atomic mass is 10.1. The number of rotatable bonds is 1. The highest BCUT2D eigenvalue weighted by Gasteiger charge is 2.13. The highest BCUT2D eigenvalue weighted by Crippen LogP contribution is 2.08. The summed E-state index contributed by atoms with van der Waals surface area (Å²) in [5.74, 6) is 0. The summed E-state index contributed by atoms with van der Waals surface area (Å²) in [6.45, 7) is 8.56. The highest BCUT2D eigenvalue weighted by molar-refractivity contribution is 5.28. The van der Waals surface area contributed by atoms with E-state index in [-0.39, 0.29) is 0 Å². The van der Waals surface area contributed by atoms with Gasteiger partial charge in [0.25, 0.3) is 0 Å². The molecular formula is C15H18N+. The Labute approximate surface area is 97.4 Å². The summed E-state index contributed by atoms with van der Waals surface area (Å²) in [6.07, 6.45) is 0. The SMILES string of the molecule is Cc1ccc(-[n+]2c(C)cc(C)cc2C)cc1. The summed E-state index contributed by atoms with van der Waals surface area (Å²) in [6, 6.07) is 13.1. The summed E-state index contributed by atoms with van der Waals surface area (Å²) in [7, 11) is 0. The maximum Gasteiger partial charge on any atom is 0.211 e. The molecule has 1 heterocycles. The van der Waals surface area contributed by atoms with Gasteiger partial charge >= 0.3 is 0 Å². The van der Waals surface area contributed by atoms with Gasteiger partial charge in [-0.25, -0.2) is 0 Å². The molecule has 2 rings (SSSR count). The number of hydrogen-bond donors (Lipinski definition) is 0. The molecule has 1 nitrogen and oxygen atoms in total. The van der Waals surface area contributed by atoms with Crippen molar-refractivity contribution in [1.82, 2.24) is 0 Å². The average Bonchev–Trinajstić information content (AvgIpc) is 2.19. The molecular weight excluding hydrogens is 194 g/mol. The van der Waals surface area contributed by atoms with Crippen molar-refractivity contribution < 1.29 is 4.57 Å². The summed E-state index contributed by atoms with van der Waals surface area (Å²) >= 11 is 0. The summed E-state index contributed by atoms with van der Waals surface area (Å²) < 4.78 is 2.28. The van der Waals surface area contributed by atoms with E-state index in [1.807, 2.05) is 0 Å². The zero-order chi connectivity index (χ0) is 11.7. The van der Waals surface area contributed by atoms with Crippen molar-refractivity contribution in [3.63, 3.8) is 0 Å². The first-order valence-corrected chi connectivity index (χ1v) is 5.65. The molecule has 0 saturated heterocycles. The van der Waals surface area contributed by atoms with Crippen LogP contribution in [0.4, 0.5) is 0 Å². The smallest absolute Gasteiger partial charge is 0.162 e. The molecule has 0 atom stereocenters. The van der Waals surface area contributed by atoms with Crippen molar-refractivity contribution in [3.8, 4) is 5.69 Å². The molecule has 0 spiro atoms. The van der Waals surface area contributed by atoms with Gasteiger partial charge in [-0.05, 0) is 19.4 Å². The first-order chi connectivity index (χ1) is 7.58. The Morgan fingerprint density at radius 1 is 0.688 bits per heavy atom. The first kappa shape index (κ1) is 10.9. The Hall–Kier alpha value is -1.63. The van der Waals surface area contributed by atoms with Crippen LogP contribution in [-0.4, -0.2) is 0 Å². The second kappa shape index (κ2) is 4.09. The van der Waals surface area contributed by atoms with Crippen LogP contribution in [0.1, 0.15) is 22.5 Å². The van der Waals surface area contributed by atoms with Gasteiger partial charge < -0.3 is 0 Å². The van der Waals surface area contributed by atoms with Gasteiger partial charge in [0.15, 0.2) is 11.4 Å². The predicted molar refractivity (Wildman–Crippen MR) is 66.9 cm³/mol. The number of nitrogens with zero attached hydrogens (tertiary/aromatic N) is 1. The second-order valence-corrected chi connectivity index (χ2v) is 4.49. The normalized spacial score (nSPS) is 10.5. The molecule has 0 aliphatic carbocycles. The largest absolute Gasteiger partial charge is 0.211 e. The van der Waals surface area contributed by atoms with Crippen molar-refractivity contribution in [1.29, 1.82) is 0 Å². The van der Waals surface area contributed by atoms with Crippen LogP contribution >= 0.6 is 0 Å². The van der Waals surface area contributed by atoms with E-state index in [9.17, 15) is 0 Å². The van der Waals surface area contributed by atoms with E-state index in [0.717, 1.165) is 0 Å². The van der Waals surface area contributed by atoms with E-state index in [0.29, 0.717) is 0 Å².